The van der Waals surface area contributed by atoms with Gasteiger partial charge in [0.15, 0.2) is 0 Å². The van der Waals surface area contributed by atoms with Crippen molar-refractivity contribution in [3.63, 3.8) is 0 Å². The van der Waals surface area contributed by atoms with E-state index in [2.05, 4.69) is 28.7 Å². The van der Waals surface area contributed by atoms with Crippen molar-refractivity contribution in [2.75, 3.05) is 13.1 Å². The summed E-state index contributed by atoms with van der Waals surface area (Å²) in [5, 5.41) is 3.60. The molecule has 6 heteroatoms. The quantitative estimate of drug-likeness (QED) is 0.916. The van der Waals surface area contributed by atoms with Crippen LogP contribution in [0.4, 0.5) is 4.79 Å². The molecule has 1 unspecified atom stereocenters. The van der Waals surface area contributed by atoms with Crippen molar-refractivity contribution >= 4 is 6.09 Å². The lowest BCUT2D eigenvalue weighted by Gasteiger charge is -2.28. The van der Waals surface area contributed by atoms with Gasteiger partial charge in [0.25, 0.3) is 0 Å². The molecule has 1 N–H and O–H groups in total. The van der Waals surface area contributed by atoms with Crippen LogP contribution in [0.25, 0.3) is 0 Å². The summed E-state index contributed by atoms with van der Waals surface area (Å²) in [7, 11) is 0. The van der Waals surface area contributed by atoms with Crippen molar-refractivity contribution in [3.8, 4) is 0 Å². The van der Waals surface area contributed by atoms with Gasteiger partial charge < -0.3 is 19.5 Å². The highest BCUT2D eigenvalue weighted by Gasteiger charge is 2.26. The molecule has 0 radical (unpaired) electrons. The Morgan fingerprint density at radius 2 is 2.17 bits per heavy atom. The number of aromatic nitrogens is 2. The fraction of sp³-hybridized carbons (Fsp3) is 0.778. The number of carbonyl (C=O) groups is 1. The summed E-state index contributed by atoms with van der Waals surface area (Å²) in [5.74, 6) is 0. The van der Waals surface area contributed by atoms with E-state index in [-0.39, 0.29) is 12.1 Å². The number of hydrogen-bond donors (Lipinski definition) is 1. The predicted octanol–water partition coefficient (Wildman–Crippen LogP) is 3.34. The van der Waals surface area contributed by atoms with Crippen LogP contribution in [0.3, 0.4) is 0 Å². The first-order valence-corrected chi connectivity index (χ1v) is 8.98. The number of rotatable bonds is 4. The largest absolute Gasteiger partial charge is 0.444 e. The highest BCUT2D eigenvalue weighted by molar-refractivity contribution is 5.68. The minimum absolute atomic E-state index is 0.205. The summed E-state index contributed by atoms with van der Waals surface area (Å²) in [6.07, 6.45) is 6.82. The van der Waals surface area contributed by atoms with Gasteiger partial charge in [0.05, 0.1) is 12.0 Å². The molecule has 0 aliphatic carbocycles. The van der Waals surface area contributed by atoms with Crippen LogP contribution in [0.1, 0.15) is 65.6 Å². The average molecular weight is 336 g/mol. The molecule has 1 atom stereocenters. The maximum absolute atomic E-state index is 12.4. The minimum atomic E-state index is -0.448. The monoisotopic (exact) mass is 336 g/mol. The Labute approximate surface area is 145 Å². The van der Waals surface area contributed by atoms with Gasteiger partial charge in [-0.05, 0) is 47.5 Å². The van der Waals surface area contributed by atoms with E-state index in [4.69, 9.17) is 4.74 Å². The molecule has 1 saturated heterocycles. The fourth-order valence-electron chi connectivity index (χ4n) is 2.98. The molecule has 1 aromatic heterocycles. The molecular formula is C18H32N4O2. The Morgan fingerprint density at radius 1 is 1.42 bits per heavy atom. The van der Waals surface area contributed by atoms with E-state index >= 15 is 0 Å². The Hall–Kier alpha value is -1.56. The lowest BCUT2D eigenvalue weighted by atomic mass is 10.1. The molecule has 6 nitrogen and oxygen atoms in total. The number of nitrogens with zero attached hydrogens (tertiary/aromatic N) is 3. The van der Waals surface area contributed by atoms with Crippen molar-refractivity contribution in [2.24, 2.45) is 0 Å². The van der Waals surface area contributed by atoms with Crippen molar-refractivity contribution < 1.29 is 9.53 Å². The summed E-state index contributed by atoms with van der Waals surface area (Å²) >= 11 is 0. The first-order valence-electron chi connectivity index (χ1n) is 8.98. The zero-order chi connectivity index (χ0) is 17.7. The maximum Gasteiger partial charge on any atom is 0.410 e. The number of nitrogens with one attached hydrogen (secondary N) is 1. The van der Waals surface area contributed by atoms with Gasteiger partial charge in [-0.25, -0.2) is 9.78 Å². The molecule has 1 amide bonds. The highest BCUT2D eigenvalue weighted by Crippen LogP contribution is 2.16. The molecule has 0 saturated carbocycles. The van der Waals surface area contributed by atoms with Crippen LogP contribution in [-0.4, -0.2) is 45.3 Å². The molecule has 0 aromatic carbocycles. The van der Waals surface area contributed by atoms with Gasteiger partial charge in [-0.15, -0.1) is 0 Å². The number of imidazole rings is 1. The summed E-state index contributed by atoms with van der Waals surface area (Å²) in [6.45, 7) is 12.3. The van der Waals surface area contributed by atoms with Gasteiger partial charge >= 0.3 is 6.09 Å². The summed E-state index contributed by atoms with van der Waals surface area (Å²) in [6, 6.07) is 0.687. The second-order valence-electron chi connectivity index (χ2n) is 7.89. The lowest BCUT2D eigenvalue weighted by Crippen LogP contribution is -2.44. The van der Waals surface area contributed by atoms with Gasteiger partial charge in [-0.2, -0.15) is 0 Å². The average Bonchev–Trinajstić information content (AvgIpc) is 2.81. The molecule has 1 fully saturated rings. The third-order valence-electron chi connectivity index (χ3n) is 4.20. The van der Waals surface area contributed by atoms with Gasteiger partial charge in [0, 0.05) is 37.9 Å². The smallest absolute Gasteiger partial charge is 0.410 e. The number of likely N-dealkylation sites (tertiary alicyclic amines) is 1. The van der Waals surface area contributed by atoms with E-state index in [0.717, 1.165) is 32.4 Å². The van der Waals surface area contributed by atoms with Crippen molar-refractivity contribution in [1.29, 1.82) is 0 Å². The van der Waals surface area contributed by atoms with Crippen LogP contribution in [-0.2, 0) is 11.3 Å². The molecule has 1 aromatic rings. The number of carbonyl (C=O) groups excluding carboxylic acids is 1. The van der Waals surface area contributed by atoms with E-state index in [1.165, 1.54) is 5.69 Å². The van der Waals surface area contributed by atoms with E-state index in [1.807, 2.05) is 38.2 Å². The molecule has 2 rings (SSSR count). The number of hydrogen-bond acceptors (Lipinski definition) is 4. The van der Waals surface area contributed by atoms with Crippen LogP contribution in [0, 0.1) is 0 Å². The van der Waals surface area contributed by atoms with Crippen LogP contribution >= 0.6 is 0 Å². The van der Waals surface area contributed by atoms with Gasteiger partial charge in [0.2, 0.25) is 0 Å². The molecular weight excluding hydrogens is 304 g/mol. The lowest BCUT2D eigenvalue weighted by molar-refractivity contribution is 0.0243. The molecule has 0 spiro atoms. The van der Waals surface area contributed by atoms with Crippen LogP contribution in [0.15, 0.2) is 12.5 Å². The van der Waals surface area contributed by atoms with E-state index in [9.17, 15) is 4.79 Å². The Kier molecular flexibility index (Phi) is 6.27. The molecule has 1 aliphatic rings. The second-order valence-corrected chi connectivity index (χ2v) is 7.89. The normalized spacial score (nSPS) is 19.4. The SMILES string of the molecule is CC(C)n1cncc1CNC1CCCCN(C(=O)OC(C)(C)C)C1. The third-order valence-corrected chi connectivity index (χ3v) is 4.20. The van der Waals surface area contributed by atoms with Gasteiger partial charge in [-0.3, -0.25) is 0 Å². The first kappa shape index (κ1) is 18.8. The third kappa shape index (κ3) is 5.51. The summed E-state index contributed by atoms with van der Waals surface area (Å²) < 4.78 is 7.70. The Bertz CT molecular complexity index is 533. The number of ether oxygens (including phenoxy) is 1. The van der Waals surface area contributed by atoms with Gasteiger partial charge in [-0.1, -0.05) is 6.42 Å². The summed E-state index contributed by atoms with van der Waals surface area (Å²) in [5.41, 5.74) is 0.730. The minimum Gasteiger partial charge on any atom is -0.444 e. The second kappa shape index (κ2) is 8.01. The maximum atomic E-state index is 12.4. The standard InChI is InChI=1S/C18H32N4O2/c1-14(2)22-13-19-10-16(22)11-20-15-8-6-7-9-21(12-15)17(23)24-18(3,4)5/h10,13-15,20H,6-9,11-12H2,1-5H3. The van der Waals surface area contributed by atoms with E-state index < -0.39 is 5.60 Å². The zero-order valence-electron chi connectivity index (χ0n) is 15.7. The van der Waals surface area contributed by atoms with Crippen molar-refractivity contribution in [3.05, 3.63) is 18.2 Å². The van der Waals surface area contributed by atoms with Crippen LogP contribution in [0.5, 0.6) is 0 Å². The van der Waals surface area contributed by atoms with Gasteiger partial charge in [0.1, 0.15) is 5.60 Å². The highest BCUT2D eigenvalue weighted by atomic mass is 16.6. The Morgan fingerprint density at radius 3 is 2.83 bits per heavy atom. The first-order chi connectivity index (χ1) is 11.3. The molecule has 2 heterocycles. The fourth-order valence-corrected chi connectivity index (χ4v) is 2.98. The molecule has 0 bridgehead atoms. The molecule has 136 valence electrons. The van der Waals surface area contributed by atoms with E-state index in [0.29, 0.717) is 12.6 Å². The molecule has 1 aliphatic heterocycles. The van der Waals surface area contributed by atoms with Crippen LogP contribution < -0.4 is 5.32 Å². The predicted molar refractivity (Wildman–Crippen MR) is 94.9 cm³/mol. The van der Waals surface area contributed by atoms with Crippen molar-refractivity contribution in [2.45, 2.75) is 78.1 Å². The zero-order valence-corrected chi connectivity index (χ0v) is 15.7. The Balaban J connectivity index is 1.92. The molecule has 24 heavy (non-hydrogen) atoms. The van der Waals surface area contributed by atoms with E-state index in [1.54, 1.807) is 0 Å². The van der Waals surface area contributed by atoms with Crippen LogP contribution in [0.2, 0.25) is 0 Å². The number of amides is 1. The topological polar surface area (TPSA) is 59.4 Å². The van der Waals surface area contributed by atoms with Crippen molar-refractivity contribution in [1.82, 2.24) is 19.8 Å². The summed E-state index contributed by atoms with van der Waals surface area (Å²) in [4.78, 5) is 18.4.